The molecule has 6 rings (SSSR count). The predicted molar refractivity (Wildman–Crippen MR) is 145 cm³/mol. The number of aliphatic carboxylic acids is 1. The molecule has 2 aliphatic rings. The second kappa shape index (κ2) is 10.4. The Kier molecular flexibility index (Phi) is 6.62. The fourth-order valence-electron chi connectivity index (χ4n) is 5.20. The first-order valence-electron chi connectivity index (χ1n) is 12.4. The first-order valence-corrected chi connectivity index (χ1v) is 14.6. The minimum atomic E-state index is -1.07. The third-order valence-electron chi connectivity index (χ3n) is 6.99. The summed E-state index contributed by atoms with van der Waals surface area (Å²) in [6.07, 6.45) is -0.720. The number of alkyl carbamates (subject to hydrolysis) is 1. The Bertz CT molecular complexity index is 1430. The third-order valence-corrected chi connectivity index (χ3v) is 9.85. The summed E-state index contributed by atoms with van der Waals surface area (Å²) in [7, 11) is 0. The third kappa shape index (κ3) is 4.55. The molecule has 1 amide bonds. The van der Waals surface area contributed by atoms with Gasteiger partial charge in [-0.15, -0.1) is 0 Å². The van der Waals surface area contributed by atoms with Gasteiger partial charge in [0.1, 0.15) is 0 Å². The predicted octanol–water partition coefficient (Wildman–Crippen LogP) is 6.00. The van der Waals surface area contributed by atoms with Crippen LogP contribution < -0.4 is 10.1 Å². The molecule has 4 aromatic carbocycles. The number of benzene rings is 4. The summed E-state index contributed by atoms with van der Waals surface area (Å²) >= 11 is -0.171. The van der Waals surface area contributed by atoms with E-state index in [0.29, 0.717) is 5.32 Å². The number of hydrogen-bond donors (Lipinski definition) is 2. The first kappa shape index (κ1) is 24.3. The quantitative estimate of drug-likeness (QED) is 0.267. The molecule has 1 aliphatic carbocycles. The van der Waals surface area contributed by atoms with Gasteiger partial charge < -0.3 is 0 Å². The Morgan fingerprint density at radius 3 is 1.84 bits per heavy atom. The van der Waals surface area contributed by atoms with Gasteiger partial charge in [0, 0.05) is 0 Å². The van der Waals surface area contributed by atoms with Crippen molar-refractivity contribution in [2.24, 2.45) is 0 Å². The van der Waals surface area contributed by atoms with Crippen LogP contribution in [0.3, 0.4) is 0 Å². The van der Waals surface area contributed by atoms with Crippen molar-refractivity contribution in [3.8, 4) is 22.6 Å². The molecule has 0 saturated carbocycles. The first-order chi connectivity index (χ1) is 18.6. The molecule has 4 aromatic rings. The van der Waals surface area contributed by atoms with E-state index in [-0.39, 0.29) is 32.3 Å². The molecule has 0 aromatic heterocycles. The molecule has 0 fully saturated rings. The van der Waals surface area contributed by atoms with Crippen LogP contribution >= 0.6 is 0 Å². The van der Waals surface area contributed by atoms with Crippen molar-refractivity contribution in [3.63, 3.8) is 0 Å². The molecule has 0 unspecified atom stereocenters. The summed E-state index contributed by atoms with van der Waals surface area (Å²) in [5.74, 6) is 0.411. The van der Waals surface area contributed by atoms with Gasteiger partial charge in [-0.3, -0.25) is 0 Å². The van der Waals surface area contributed by atoms with Crippen molar-refractivity contribution in [2.75, 3.05) is 6.61 Å². The van der Waals surface area contributed by atoms with E-state index in [2.05, 4.69) is 17.4 Å². The minimum absolute atomic E-state index is 0.0230. The van der Waals surface area contributed by atoms with Gasteiger partial charge in [0.2, 0.25) is 0 Å². The molecule has 1 atom stereocenters. The van der Waals surface area contributed by atoms with Crippen molar-refractivity contribution >= 4 is 27.0 Å². The van der Waals surface area contributed by atoms with Crippen LogP contribution in [0.2, 0.25) is 5.32 Å². The van der Waals surface area contributed by atoms with Crippen LogP contribution in [0.1, 0.15) is 33.0 Å². The molecule has 0 bridgehead atoms. The normalized spacial score (nSPS) is 14.3. The monoisotopic (exact) mass is 571 g/mol. The van der Waals surface area contributed by atoms with E-state index >= 15 is 0 Å². The van der Waals surface area contributed by atoms with Gasteiger partial charge in [-0.25, -0.2) is 0 Å². The van der Waals surface area contributed by atoms with Crippen LogP contribution in [-0.4, -0.2) is 44.8 Å². The molecule has 6 nitrogen and oxygen atoms in total. The summed E-state index contributed by atoms with van der Waals surface area (Å²) in [6.45, 7) is 0.137. The van der Waals surface area contributed by atoms with Crippen molar-refractivity contribution < 1.29 is 24.2 Å². The second-order valence-electron chi connectivity index (χ2n) is 9.25. The maximum atomic E-state index is 12.8. The number of carboxylic acid groups (broad SMARTS) is 1. The van der Waals surface area contributed by atoms with Gasteiger partial charge in [0.05, 0.1) is 0 Å². The van der Waals surface area contributed by atoms with Gasteiger partial charge in [-0.1, -0.05) is 0 Å². The van der Waals surface area contributed by atoms with E-state index in [0.717, 1.165) is 44.9 Å². The Morgan fingerprint density at radius 1 is 0.789 bits per heavy atom. The summed E-state index contributed by atoms with van der Waals surface area (Å²) in [6, 6.07) is 30.8. The number of hydrogen-bond acceptors (Lipinski definition) is 4. The van der Waals surface area contributed by atoms with E-state index in [4.69, 9.17) is 9.47 Å². The van der Waals surface area contributed by atoms with E-state index < -0.39 is 18.1 Å². The van der Waals surface area contributed by atoms with Crippen LogP contribution in [0.5, 0.6) is 11.5 Å². The van der Waals surface area contributed by atoms with Crippen LogP contribution in [0.15, 0.2) is 97.1 Å². The zero-order valence-electron chi connectivity index (χ0n) is 20.4. The number of nitrogens with one attached hydrogen (secondary N) is 1. The fraction of sp³-hybridized carbons (Fsp3) is 0.161. The van der Waals surface area contributed by atoms with Crippen molar-refractivity contribution in [1.29, 1.82) is 0 Å². The van der Waals surface area contributed by atoms with E-state index in [1.165, 1.54) is 0 Å². The summed E-state index contributed by atoms with van der Waals surface area (Å²) in [4.78, 5) is 24.9. The number of amides is 1. The van der Waals surface area contributed by atoms with E-state index in [1.807, 2.05) is 84.9 Å². The summed E-state index contributed by atoms with van der Waals surface area (Å²) < 4.78 is 11.7. The number of para-hydroxylation sites is 2. The van der Waals surface area contributed by atoms with Crippen molar-refractivity contribution in [1.82, 2.24) is 5.32 Å². The fourth-order valence-corrected chi connectivity index (χ4v) is 8.05. The van der Waals surface area contributed by atoms with Crippen LogP contribution in [-0.2, 0) is 9.53 Å². The van der Waals surface area contributed by atoms with Crippen LogP contribution in [0, 0.1) is 0 Å². The maximum absolute atomic E-state index is 12.8. The molecule has 0 spiro atoms. The molecule has 1 aliphatic heterocycles. The number of rotatable bonds is 7. The van der Waals surface area contributed by atoms with Crippen LogP contribution in [0.25, 0.3) is 11.1 Å². The number of ether oxygens (including phenoxy) is 2. The molecule has 7 heteroatoms. The molecule has 0 saturated heterocycles. The zero-order valence-corrected chi connectivity index (χ0v) is 22.1. The number of fused-ring (bicyclic) bond motifs is 5. The van der Waals surface area contributed by atoms with Gasteiger partial charge in [-0.2, -0.15) is 0 Å². The van der Waals surface area contributed by atoms with E-state index in [9.17, 15) is 14.7 Å². The van der Waals surface area contributed by atoms with Gasteiger partial charge >= 0.3 is 227 Å². The Labute approximate surface area is 226 Å². The molecule has 38 heavy (non-hydrogen) atoms. The molecule has 190 valence electrons. The van der Waals surface area contributed by atoms with Gasteiger partial charge in [-0.05, 0) is 0 Å². The van der Waals surface area contributed by atoms with Crippen LogP contribution in [0.4, 0.5) is 4.79 Å². The Morgan fingerprint density at radius 2 is 1.29 bits per heavy atom. The number of carbonyl (C=O) groups is 2. The van der Waals surface area contributed by atoms with Gasteiger partial charge in [0.25, 0.3) is 0 Å². The molecule has 2 N–H and O–H groups in total. The SMILES string of the molecule is O=C(N[C@@H](C[Se]C1c2ccccc2Oc2ccccc21)C(=O)O)OCC1c2ccccc2-c2ccccc21. The standard InChI is InChI=1S/C31H25NO5Se/c33-30(34)26(18-38-29-23-13-5-7-15-27(23)37-28-16-8-6-14-24(28)29)32-31(35)36-17-25-21-11-3-1-9-19(21)20-10-2-4-12-22(20)25/h1-16,25-26,29H,17-18H2,(H,32,35)(H,33,34)/t26-/m0/s1. The molecule has 1 heterocycles. The summed E-state index contributed by atoms with van der Waals surface area (Å²) in [5, 5.41) is 12.8. The molecular weight excluding hydrogens is 545 g/mol. The van der Waals surface area contributed by atoms with E-state index in [1.54, 1.807) is 0 Å². The Hall–Kier alpha value is -4.06. The summed E-state index contributed by atoms with van der Waals surface area (Å²) in [5.41, 5.74) is 6.57. The Balaban J connectivity index is 1.13. The van der Waals surface area contributed by atoms with Crippen molar-refractivity contribution in [3.05, 3.63) is 119 Å². The number of carboxylic acids is 1. The molecule has 0 radical (unpaired) electrons. The topological polar surface area (TPSA) is 84.9 Å². The van der Waals surface area contributed by atoms with Crippen molar-refractivity contribution in [2.45, 2.75) is 22.1 Å². The molecular formula is C31H25NO5Se. The average Bonchev–Trinajstić information content (AvgIpc) is 3.27. The van der Waals surface area contributed by atoms with Gasteiger partial charge in [0.15, 0.2) is 0 Å². The number of carbonyl (C=O) groups excluding carboxylic acids is 1. The zero-order chi connectivity index (χ0) is 26.1. The second-order valence-corrected chi connectivity index (χ2v) is 11.6. The average molecular weight is 571 g/mol.